The second kappa shape index (κ2) is 26.5. The molecule has 0 aliphatic heterocycles. The number of amides is 1. The van der Waals surface area contributed by atoms with Crippen LogP contribution in [0, 0.1) is 0 Å². The first-order chi connectivity index (χ1) is 18.8. The van der Waals surface area contributed by atoms with Gasteiger partial charge in [0, 0.05) is 19.4 Å². The van der Waals surface area contributed by atoms with Crippen LogP contribution in [-0.4, -0.2) is 54.3 Å². The lowest BCUT2D eigenvalue weighted by atomic mass is 10.1. The maximum absolute atomic E-state index is 11.9. The topological polar surface area (TPSA) is 131 Å². The Morgan fingerprint density at radius 1 is 0.821 bits per heavy atom. The van der Waals surface area contributed by atoms with Gasteiger partial charge in [0.1, 0.15) is 12.7 Å². The third kappa shape index (κ3) is 27.6. The molecule has 0 heterocycles. The summed E-state index contributed by atoms with van der Waals surface area (Å²) in [6, 6.07) is 0. The van der Waals surface area contributed by atoms with Crippen LogP contribution in [0.1, 0.15) is 104 Å². The molecule has 0 fully saturated rings. The van der Waals surface area contributed by atoms with E-state index in [1.807, 2.05) is 0 Å². The zero-order chi connectivity index (χ0) is 29.0. The summed E-state index contributed by atoms with van der Waals surface area (Å²) in [5.41, 5.74) is 0. The van der Waals surface area contributed by atoms with Gasteiger partial charge in [-0.15, -0.1) is 0 Å². The van der Waals surface area contributed by atoms with E-state index in [1.165, 1.54) is 0 Å². The number of phosphoric ester groups is 1. The predicted molar refractivity (Wildman–Crippen MR) is 155 cm³/mol. The Hall–Kier alpha value is -1.77. The number of carbonyl (C=O) groups excluding carboxylic acids is 2. The largest absolute Gasteiger partial charge is 0.472 e. The number of phosphoric acid groups is 1. The molecule has 0 aliphatic rings. The minimum Gasteiger partial charge on any atom is -0.463 e. The number of carbonyl (C=O) groups is 2. The molecule has 0 aliphatic carbocycles. The summed E-state index contributed by atoms with van der Waals surface area (Å²) in [5.74, 6) is -0.566. The van der Waals surface area contributed by atoms with Crippen LogP contribution >= 0.6 is 7.82 Å². The van der Waals surface area contributed by atoms with Crippen LogP contribution in [0.5, 0.6) is 0 Å². The Morgan fingerprint density at radius 2 is 1.46 bits per heavy atom. The lowest BCUT2D eigenvalue weighted by molar-refractivity contribution is -0.147. The molecule has 0 aromatic rings. The molecule has 10 heteroatoms. The van der Waals surface area contributed by atoms with Crippen molar-refractivity contribution in [3.05, 3.63) is 36.5 Å². The Bertz CT molecular complexity index is 754. The van der Waals surface area contributed by atoms with E-state index in [2.05, 4.69) is 55.6 Å². The third-order valence-corrected chi connectivity index (χ3v) is 6.57. The van der Waals surface area contributed by atoms with Crippen LogP contribution in [0.15, 0.2) is 36.5 Å². The monoisotopic (exact) mass is 573 g/mol. The Kier molecular flexibility index (Phi) is 25.3. The van der Waals surface area contributed by atoms with E-state index in [0.717, 1.165) is 70.6 Å². The first-order valence-corrected chi connectivity index (χ1v) is 16.0. The molecule has 3 N–H and O–H groups in total. The molecular weight excluding hydrogens is 521 g/mol. The normalized spacial score (nSPS) is 14.3. The molecule has 1 amide bonds. The van der Waals surface area contributed by atoms with E-state index in [4.69, 9.17) is 13.8 Å². The Balaban J connectivity index is 3.74. The van der Waals surface area contributed by atoms with Gasteiger partial charge in [0.25, 0.3) is 0 Å². The second-order valence-electron chi connectivity index (χ2n) is 9.34. The van der Waals surface area contributed by atoms with Gasteiger partial charge in [-0.3, -0.25) is 18.6 Å². The van der Waals surface area contributed by atoms with Crippen LogP contribution in [0.3, 0.4) is 0 Å². The SMILES string of the molecule is CC/C=C\C/C=C\C/C=C\CCCCCC(=O)OCC(O)COP(=O)(O)OCCNC(=O)CCCCCCC. The van der Waals surface area contributed by atoms with Crippen molar-refractivity contribution in [2.75, 3.05) is 26.4 Å². The summed E-state index contributed by atoms with van der Waals surface area (Å²) in [4.78, 5) is 33.2. The fraction of sp³-hybridized carbons (Fsp3) is 0.724. The third-order valence-electron chi connectivity index (χ3n) is 5.58. The number of hydrogen-bond donors (Lipinski definition) is 3. The van der Waals surface area contributed by atoms with Gasteiger partial charge < -0.3 is 20.1 Å². The number of hydrogen-bond acceptors (Lipinski definition) is 7. The van der Waals surface area contributed by atoms with Crippen LogP contribution in [-0.2, 0) is 27.9 Å². The van der Waals surface area contributed by atoms with Crippen LogP contribution in [0.4, 0.5) is 0 Å². The second-order valence-corrected chi connectivity index (χ2v) is 10.8. The maximum atomic E-state index is 11.9. The lowest BCUT2D eigenvalue weighted by Crippen LogP contribution is -2.27. The predicted octanol–water partition coefficient (Wildman–Crippen LogP) is 6.31. The molecule has 0 bridgehead atoms. The highest BCUT2D eigenvalue weighted by Gasteiger charge is 2.23. The number of nitrogens with one attached hydrogen (secondary N) is 1. The van der Waals surface area contributed by atoms with Gasteiger partial charge in [0.05, 0.1) is 13.2 Å². The highest BCUT2D eigenvalue weighted by atomic mass is 31.2. The molecule has 0 rings (SSSR count). The van der Waals surface area contributed by atoms with Gasteiger partial charge in [-0.2, -0.15) is 0 Å². The van der Waals surface area contributed by atoms with Crippen molar-refractivity contribution in [2.45, 2.75) is 110 Å². The van der Waals surface area contributed by atoms with Gasteiger partial charge in [-0.05, 0) is 44.9 Å². The van der Waals surface area contributed by atoms with Gasteiger partial charge in [-0.1, -0.05) is 82.4 Å². The molecule has 39 heavy (non-hydrogen) atoms. The zero-order valence-corrected chi connectivity index (χ0v) is 25.0. The zero-order valence-electron chi connectivity index (χ0n) is 24.1. The fourth-order valence-corrected chi connectivity index (χ4v) is 4.15. The van der Waals surface area contributed by atoms with Gasteiger partial charge in [-0.25, -0.2) is 4.57 Å². The van der Waals surface area contributed by atoms with Crippen molar-refractivity contribution >= 4 is 19.7 Å². The first-order valence-electron chi connectivity index (χ1n) is 14.5. The number of rotatable bonds is 26. The molecule has 0 saturated carbocycles. The molecule has 2 unspecified atom stereocenters. The Morgan fingerprint density at radius 3 is 2.18 bits per heavy atom. The lowest BCUT2D eigenvalue weighted by Gasteiger charge is -2.15. The highest BCUT2D eigenvalue weighted by Crippen LogP contribution is 2.42. The van der Waals surface area contributed by atoms with Crippen molar-refractivity contribution in [3.8, 4) is 0 Å². The van der Waals surface area contributed by atoms with E-state index in [9.17, 15) is 24.2 Å². The summed E-state index contributed by atoms with van der Waals surface area (Å²) >= 11 is 0. The number of aliphatic hydroxyl groups is 1. The van der Waals surface area contributed by atoms with E-state index in [-0.39, 0.29) is 32.1 Å². The summed E-state index contributed by atoms with van der Waals surface area (Å²) in [6.07, 6.45) is 24.0. The van der Waals surface area contributed by atoms with Crippen molar-refractivity contribution in [1.82, 2.24) is 5.32 Å². The minimum atomic E-state index is -4.40. The summed E-state index contributed by atoms with van der Waals surface area (Å²) in [5, 5.41) is 12.5. The quantitative estimate of drug-likeness (QED) is 0.0475. The molecule has 0 radical (unpaired) electrons. The number of esters is 1. The van der Waals surface area contributed by atoms with Crippen molar-refractivity contribution < 1.29 is 37.9 Å². The van der Waals surface area contributed by atoms with Gasteiger partial charge in [0.2, 0.25) is 5.91 Å². The molecule has 2 atom stereocenters. The fourth-order valence-electron chi connectivity index (χ4n) is 3.39. The van der Waals surface area contributed by atoms with Gasteiger partial charge >= 0.3 is 13.8 Å². The molecule has 226 valence electrons. The standard InChI is InChI=1S/C29H52NO8P/c1-3-5-7-9-10-11-12-13-14-15-16-18-20-22-29(33)36-25-27(31)26-38-39(34,35)37-24-23-30-28(32)21-19-17-8-6-4-2/h5,7,10-11,13-14,27,31H,3-4,6,8-9,12,15-26H2,1-2H3,(H,30,32)(H,34,35)/b7-5-,11-10-,14-13-. The van der Waals surface area contributed by atoms with Crippen LogP contribution in [0.25, 0.3) is 0 Å². The smallest absolute Gasteiger partial charge is 0.463 e. The summed E-state index contributed by atoms with van der Waals surface area (Å²) < 4.78 is 26.4. The molecule has 9 nitrogen and oxygen atoms in total. The molecule has 0 spiro atoms. The highest BCUT2D eigenvalue weighted by molar-refractivity contribution is 7.47. The summed E-state index contributed by atoms with van der Waals surface area (Å²) in [6.45, 7) is 3.26. The van der Waals surface area contributed by atoms with E-state index >= 15 is 0 Å². The summed E-state index contributed by atoms with van der Waals surface area (Å²) in [7, 11) is -4.40. The number of allylic oxidation sites excluding steroid dienone is 6. The van der Waals surface area contributed by atoms with Gasteiger partial charge in [0.15, 0.2) is 0 Å². The molecular formula is C29H52NO8P. The first kappa shape index (κ1) is 37.2. The van der Waals surface area contributed by atoms with Crippen molar-refractivity contribution in [3.63, 3.8) is 0 Å². The van der Waals surface area contributed by atoms with E-state index < -0.39 is 26.5 Å². The maximum Gasteiger partial charge on any atom is 0.472 e. The molecule has 0 saturated heterocycles. The van der Waals surface area contributed by atoms with Crippen molar-refractivity contribution in [2.24, 2.45) is 0 Å². The van der Waals surface area contributed by atoms with Crippen LogP contribution in [0.2, 0.25) is 0 Å². The molecule has 0 aromatic carbocycles. The molecule has 0 aromatic heterocycles. The van der Waals surface area contributed by atoms with E-state index in [1.54, 1.807) is 0 Å². The van der Waals surface area contributed by atoms with Crippen LogP contribution < -0.4 is 5.32 Å². The average Bonchev–Trinajstić information content (AvgIpc) is 2.91. The Labute approximate surface area is 235 Å². The van der Waals surface area contributed by atoms with Crippen molar-refractivity contribution in [1.29, 1.82) is 0 Å². The number of unbranched alkanes of at least 4 members (excludes halogenated alkanes) is 7. The number of ether oxygens (including phenoxy) is 1. The van der Waals surface area contributed by atoms with E-state index in [0.29, 0.717) is 12.8 Å². The average molecular weight is 574 g/mol. The number of aliphatic hydroxyl groups excluding tert-OH is 1. The minimum absolute atomic E-state index is 0.0761.